The smallest absolute Gasteiger partial charge is 0.0634 e. The molecule has 0 aliphatic rings. The fourth-order valence-corrected chi connectivity index (χ4v) is 11.0. The lowest BCUT2D eigenvalue weighted by Gasteiger charge is -2.11. The molecule has 0 saturated carbocycles. The van der Waals surface area contributed by atoms with E-state index in [9.17, 15) is 0 Å². The Morgan fingerprint density at radius 1 is 0.254 bits per heavy atom. The third-order valence-electron chi connectivity index (χ3n) is 13.0. The maximum absolute atomic E-state index is 2.46. The van der Waals surface area contributed by atoms with Crippen LogP contribution in [-0.2, 0) is 0 Å². The van der Waals surface area contributed by atoms with Gasteiger partial charge in [0.25, 0.3) is 0 Å². The van der Waals surface area contributed by atoms with E-state index in [-0.39, 0.29) is 0 Å². The first-order valence-electron chi connectivity index (χ1n) is 21.6. The van der Waals surface area contributed by atoms with E-state index in [2.05, 4.69) is 240 Å². The Kier molecular flexibility index (Phi) is 8.12. The molecule has 0 amide bonds. The molecule has 0 saturated heterocycles. The summed E-state index contributed by atoms with van der Waals surface area (Å²) in [6, 6.07) is 84.5. The van der Waals surface area contributed by atoms with Crippen LogP contribution in [0.15, 0.2) is 231 Å². The molecule has 0 N–H and O–H groups in total. The first kappa shape index (κ1) is 35.7. The van der Waals surface area contributed by atoms with Crippen LogP contribution >= 0.6 is 11.3 Å². The van der Waals surface area contributed by atoms with Crippen molar-refractivity contribution in [2.45, 2.75) is 0 Å². The van der Waals surface area contributed by atoms with Crippen molar-refractivity contribution in [1.29, 1.82) is 0 Å². The molecule has 0 spiro atoms. The zero-order valence-corrected chi connectivity index (χ0v) is 35.1. The van der Waals surface area contributed by atoms with Crippen LogP contribution in [0.2, 0.25) is 0 Å². The number of fused-ring (bicyclic) bond motifs is 10. The number of rotatable bonds is 6. The first-order chi connectivity index (χ1) is 31.2. The number of hydrogen-bond donors (Lipinski definition) is 0. The topological polar surface area (TPSA) is 9.86 Å². The monoisotopic (exact) mass is 818 g/mol. The van der Waals surface area contributed by atoms with Crippen molar-refractivity contribution in [1.82, 2.24) is 9.13 Å². The lowest BCUT2D eigenvalue weighted by molar-refractivity contribution is 1.18. The first-order valence-corrected chi connectivity index (χ1v) is 22.4. The Bertz CT molecular complexity index is 3870. The van der Waals surface area contributed by atoms with E-state index >= 15 is 0 Å². The molecule has 10 aromatic carbocycles. The molecule has 13 aromatic rings. The predicted octanol–water partition coefficient (Wildman–Crippen LogP) is 16.9. The predicted molar refractivity (Wildman–Crippen MR) is 270 cm³/mol. The summed E-state index contributed by atoms with van der Waals surface area (Å²) < 4.78 is 7.51. The summed E-state index contributed by atoms with van der Waals surface area (Å²) in [7, 11) is 0. The Balaban J connectivity index is 0.810. The Morgan fingerprint density at radius 3 is 1.40 bits per heavy atom. The lowest BCUT2D eigenvalue weighted by atomic mass is 9.98. The Hall–Kier alpha value is -7.98. The second-order valence-corrected chi connectivity index (χ2v) is 17.6. The van der Waals surface area contributed by atoms with Crippen molar-refractivity contribution >= 4 is 75.1 Å². The van der Waals surface area contributed by atoms with Gasteiger partial charge in [-0.2, -0.15) is 0 Å². The summed E-state index contributed by atoms with van der Waals surface area (Å²) in [6.07, 6.45) is 0. The summed E-state index contributed by atoms with van der Waals surface area (Å²) >= 11 is 1.87. The van der Waals surface area contributed by atoms with Crippen molar-refractivity contribution in [3.8, 4) is 55.9 Å². The van der Waals surface area contributed by atoms with Crippen molar-refractivity contribution in [2.24, 2.45) is 0 Å². The third kappa shape index (κ3) is 5.78. The molecule has 0 aliphatic carbocycles. The minimum Gasteiger partial charge on any atom is -0.309 e. The van der Waals surface area contributed by atoms with E-state index in [4.69, 9.17) is 0 Å². The molecule has 13 rings (SSSR count). The van der Waals surface area contributed by atoms with Gasteiger partial charge in [-0.25, -0.2) is 0 Å². The van der Waals surface area contributed by atoms with Crippen LogP contribution in [0.1, 0.15) is 0 Å². The van der Waals surface area contributed by atoms with E-state index in [1.165, 1.54) is 114 Å². The fraction of sp³-hybridized carbons (Fsp3) is 0. The van der Waals surface area contributed by atoms with Crippen molar-refractivity contribution in [2.75, 3.05) is 0 Å². The van der Waals surface area contributed by atoms with Crippen molar-refractivity contribution < 1.29 is 0 Å². The maximum Gasteiger partial charge on any atom is 0.0634 e. The summed E-state index contributed by atoms with van der Waals surface area (Å²) in [5.41, 5.74) is 16.9. The highest BCUT2D eigenvalue weighted by atomic mass is 32.1. The van der Waals surface area contributed by atoms with Crippen LogP contribution in [-0.4, -0.2) is 9.13 Å². The number of nitrogens with zero attached hydrogens (tertiary/aromatic N) is 2. The van der Waals surface area contributed by atoms with Gasteiger partial charge in [0.1, 0.15) is 0 Å². The second kappa shape index (κ2) is 14.3. The van der Waals surface area contributed by atoms with E-state index in [0.717, 1.165) is 5.69 Å². The number of thiophene rings is 1. The molecule has 294 valence electrons. The third-order valence-corrected chi connectivity index (χ3v) is 14.1. The summed E-state index contributed by atoms with van der Waals surface area (Å²) in [6.45, 7) is 0. The van der Waals surface area contributed by atoms with E-state index in [1.807, 2.05) is 11.3 Å². The van der Waals surface area contributed by atoms with Crippen LogP contribution in [0.25, 0.3) is 120 Å². The highest BCUT2D eigenvalue weighted by Gasteiger charge is 2.18. The Morgan fingerprint density at radius 2 is 0.714 bits per heavy atom. The molecule has 0 fully saturated rings. The molecule has 0 aliphatic heterocycles. The molecular weight excluding hydrogens is 781 g/mol. The quantitative estimate of drug-likeness (QED) is 0.158. The molecule has 0 unspecified atom stereocenters. The van der Waals surface area contributed by atoms with Crippen LogP contribution in [0.4, 0.5) is 0 Å². The van der Waals surface area contributed by atoms with E-state index < -0.39 is 0 Å². The standard InChI is InChI=1S/C60H38N2S/c1-2-11-39(12-3-1)44-13-10-14-45(37-44)46-29-35-56-53(38-46)50-16-5-7-18-54(50)61(56)47-30-25-42(26-31-47)40-21-23-41(24-22-40)43-27-32-48(33-28-43)62-55-19-8-4-15-49(55)51-34-36-58-59(60(51)62)52-17-6-9-20-57(52)63-58/h1-38H. The molecule has 63 heavy (non-hydrogen) atoms. The van der Waals surface area contributed by atoms with Gasteiger partial charge in [-0.3, -0.25) is 0 Å². The average Bonchev–Trinajstić information content (AvgIpc) is 4.02. The van der Waals surface area contributed by atoms with Gasteiger partial charge in [-0.05, 0) is 111 Å². The molecule has 0 radical (unpaired) electrons. The van der Waals surface area contributed by atoms with Crippen molar-refractivity contribution in [3.05, 3.63) is 231 Å². The van der Waals surface area contributed by atoms with E-state index in [1.54, 1.807) is 0 Å². The molecule has 0 atom stereocenters. The minimum atomic E-state index is 1.15. The average molecular weight is 819 g/mol. The number of aromatic nitrogens is 2. The van der Waals surface area contributed by atoms with Gasteiger partial charge in [0.05, 0.1) is 22.1 Å². The van der Waals surface area contributed by atoms with Gasteiger partial charge >= 0.3 is 0 Å². The summed E-state index contributed by atoms with van der Waals surface area (Å²) in [4.78, 5) is 0. The van der Waals surface area contributed by atoms with Crippen molar-refractivity contribution in [3.63, 3.8) is 0 Å². The van der Waals surface area contributed by atoms with E-state index in [0.29, 0.717) is 0 Å². The zero-order valence-electron chi connectivity index (χ0n) is 34.2. The largest absolute Gasteiger partial charge is 0.309 e. The molecule has 3 aromatic heterocycles. The molecular formula is C60H38N2S. The van der Waals surface area contributed by atoms with Crippen LogP contribution in [0.5, 0.6) is 0 Å². The van der Waals surface area contributed by atoms with Gasteiger partial charge in [0, 0.05) is 53.1 Å². The van der Waals surface area contributed by atoms with Crippen LogP contribution in [0, 0.1) is 0 Å². The minimum absolute atomic E-state index is 1.15. The maximum atomic E-state index is 2.46. The molecule has 3 heteroatoms. The van der Waals surface area contributed by atoms with Gasteiger partial charge in [-0.15, -0.1) is 11.3 Å². The van der Waals surface area contributed by atoms with Gasteiger partial charge in [-0.1, -0.05) is 164 Å². The fourth-order valence-electron chi connectivity index (χ4n) is 9.93. The molecule has 2 nitrogen and oxygen atoms in total. The van der Waals surface area contributed by atoms with Crippen LogP contribution in [0.3, 0.4) is 0 Å². The molecule has 0 bridgehead atoms. The number of para-hydroxylation sites is 2. The normalized spacial score (nSPS) is 11.8. The molecule has 3 heterocycles. The summed E-state index contributed by atoms with van der Waals surface area (Å²) in [5.74, 6) is 0. The lowest BCUT2D eigenvalue weighted by Crippen LogP contribution is -1.94. The SMILES string of the molecule is c1ccc(-c2cccc(-c3ccc4c(c3)c3ccccc3n4-c3ccc(-c4ccc(-c5ccc(-n6c7ccccc7c7ccc8sc9ccccc9c8c76)cc5)cc4)cc3)c2)cc1. The highest BCUT2D eigenvalue weighted by molar-refractivity contribution is 7.26. The zero-order chi connectivity index (χ0) is 41.4. The Labute approximate surface area is 368 Å². The number of hydrogen-bond acceptors (Lipinski definition) is 1. The second-order valence-electron chi connectivity index (χ2n) is 16.5. The van der Waals surface area contributed by atoms with Gasteiger partial charge in [0.2, 0.25) is 0 Å². The van der Waals surface area contributed by atoms with Gasteiger partial charge in [0.15, 0.2) is 0 Å². The van der Waals surface area contributed by atoms with Gasteiger partial charge < -0.3 is 9.13 Å². The van der Waals surface area contributed by atoms with Crippen LogP contribution < -0.4 is 0 Å². The number of benzene rings is 10. The summed E-state index contributed by atoms with van der Waals surface area (Å²) in [5, 5.41) is 7.74. The highest BCUT2D eigenvalue weighted by Crippen LogP contribution is 2.43.